The van der Waals surface area contributed by atoms with Gasteiger partial charge in [-0.25, -0.2) is 18.0 Å². The van der Waals surface area contributed by atoms with Crippen LogP contribution in [0.25, 0.3) is 22.3 Å². The summed E-state index contributed by atoms with van der Waals surface area (Å²) in [6, 6.07) is 30.8. The fourth-order valence-corrected chi connectivity index (χ4v) is 6.96. The standard InChI is InChI=1S/C38H26O10S/c39-25-15-11-23(12-16-25)33-31(21-19-29(41)35(33)37(43)47-27-7-3-1-4-8-27)49(45,46)32-22-20-30(42)36(34(32)24-13-17-26(40)18-14-24)38(44)48-28-9-5-2-6-10-28/h1-22,39-42H. The molecular formula is C38H26O10S. The number of carbonyl (C=O) groups is 2. The van der Waals surface area contributed by atoms with Crippen molar-refractivity contribution in [3.63, 3.8) is 0 Å². The molecule has 49 heavy (non-hydrogen) atoms. The summed E-state index contributed by atoms with van der Waals surface area (Å²) >= 11 is 0. The van der Waals surface area contributed by atoms with Crippen molar-refractivity contribution in [3.8, 4) is 56.8 Å². The van der Waals surface area contributed by atoms with Crippen LogP contribution in [-0.2, 0) is 9.84 Å². The molecule has 10 nitrogen and oxygen atoms in total. The third-order valence-corrected chi connectivity index (χ3v) is 9.34. The summed E-state index contributed by atoms with van der Waals surface area (Å²) in [4.78, 5) is 26.4. The van der Waals surface area contributed by atoms with Crippen LogP contribution in [0, 0.1) is 0 Å². The summed E-state index contributed by atoms with van der Waals surface area (Å²) < 4.78 is 40.8. The van der Waals surface area contributed by atoms with Crippen molar-refractivity contribution in [1.82, 2.24) is 0 Å². The molecule has 6 aromatic rings. The molecule has 0 saturated heterocycles. The lowest BCUT2D eigenvalue weighted by Crippen LogP contribution is -2.16. The lowest BCUT2D eigenvalue weighted by Gasteiger charge is -2.20. The van der Waals surface area contributed by atoms with E-state index < -0.39 is 54.2 Å². The van der Waals surface area contributed by atoms with Gasteiger partial charge in [0, 0.05) is 11.1 Å². The smallest absolute Gasteiger partial charge is 0.348 e. The highest BCUT2D eigenvalue weighted by atomic mass is 32.2. The molecule has 0 atom stereocenters. The maximum absolute atomic E-state index is 14.9. The minimum absolute atomic E-state index is 0.126. The fourth-order valence-electron chi connectivity index (χ4n) is 5.25. The molecule has 6 aromatic carbocycles. The lowest BCUT2D eigenvalue weighted by molar-refractivity contribution is 0.0722. The van der Waals surface area contributed by atoms with Crippen LogP contribution >= 0.6 is 0 Å². The summed E-state index contributed by atoms with van der Waals surface area (Å²) in [7, 11) is -4.77. The quantitative estimate of drug-likeness (QED) is 0.0964. The number of esters is 2. The van der Waals surface area contributed by atoms with Crippen LogP contribution in [0.5, 0.6) is 34.5 Å². The molecule has 0 radical (unpaired) electrons. The first kappa shape index (κ1) is 32.4. The molecule has 11 heteroatoms. The monoisotopic (exact) mass is 674 g/mol. The molecule has 0 aliphatic rings. The van der Waals surface area contributed by atoms with Gasteiger partial charge >= 0.3 is 11.9 Å². The average molecular weight is 675 g/mol. The molecule has 0 bridgehead atoms. The van der Waals surface area contributed by atoms with Gasteiger partial charge in [-0.15, -0.1) is 0 Å². The van der Waals surface area contributed by atoms with E-state index in [9.17, 15) is 38.4 Å². The second-order valence-electron chi connectivity index (χ2n) is 10.7. The average Bonchev–Trinajstić information content (AvgIpc) is 3.09. The van der Waals surface area contributed by atoms with Crippen LogP contribution in [0.2, 0.25) is 0 Å². The van der Waals surface area contributed by atoms with Gasteiger partial charge in [-0.3, -0.25) is 0 Å². The van der Waals surface area contributed by atoms with E-state index in [0.29, 0.717) is 0 Å². The number of aromatic hydroxyl groups is 4. The van der Waals surface area contributed by atoms with Crippen molar-refractivity contribution >= 4 is 21.8 Å². The molecule has 0 spiro atoms. The molecule has 244 valence electrons. The number of hydrogen-bond acceptors (Lipinski definition) is 10. The molecule has 6 rings (SSSR count). The first-order chi connectivity index (χ1) is 23.5. The number of phenolic OH excluding ortho intramolecular Hbond substituents is 4. The number of carbonyl (C=O) groups excluding carboxylic acids is 2. The summed E-state index contributed by atoms with van der Waals surface area (Å²) in [6.07, 6.45) is 0. The molecule has 0 unspecified atom stereocenters. The Balaban J connectivity index is 1.61. The zero-order valence-electron chi connectivity index (χ0n) is 25.3. The van der Waals surface area contributed by atoms with Crippen LogP contribution in [0.15, 0.2) is 143 Å². The Kier molecular flexibility index (Phi) is 8.76. The number of ether oxygens (including phenoxy) is 2. The highest BCUT2D eigenvalue weighted by Gasteiger charge is 2.34. The fraction of sp³-hybridized carbons (Fsp3) is 0. The number of rotatable bonds is 8. The van der Waals surface area contributed by atoms with E-state index in [-0.39, 0.29) is 45.3 Å². The van der Waals surface area contributed by atoms with Crippen LogP contribution < -0.4 is 9.47 Å². The summed E-state index contributed by atoms with van der Waals surface area (Å²) in [5.41, 5.74) is -1.21. The van der Waals surface area contributed by atoms with Gasteiger partial charge in [0.05, 0.1) is 9.79 Å². The second kappa shape index (κ2) is 13.3. The predicted octanol–water partition coefficient (Wildman–Crippen LogP) is 7.11. The highest BCUT2D eigenvalue weighted by Crippen LogP contribution is 2.44. The van der Waals surface area contributed by atoms with Gasteiger partial charge in [0.1, 0.15) is 45.6 Å². The Morgan fingerprint density at radius 3 is 1.14 bits per heavy atom. The molecule has 0 aromatic heterocycles. The van der Waals surface area contributed by atoms with Crippen molar-refractivity contribution in [2.24, 2.45) is 0 Å². The van der Waals surface area contributed by atoms with Crippen molar-refractivity contribution in [2.45, 2.75) is 9.79 Å². The van der Waals surface area contributed by atoms with Crippen LogP contribution in [-0.4, -0.2) is 40.8 Å². The molecule has 0 saturated carbocycles. The van der Waals surface area contributed by atoms with Gasteiger partial charge in [0.2, 0.25) is 9.84 Å². The van der Waals surface area contributed by atoms with Gasteiger partial charge in [-0.1, -0.05) is 60.7 Å². The molecule has 0 fully saturated rings. The van der Waals surface area contributed by atoms with Gasteiger partial charge in [-0.2, -0.15) is 0 Å². The Morgan fingerprint density at radius 1 is 0.449 bits per heavy atom. The third-order valence-electron chi connectivity index (χ3n) is 7.50. The summed E-state index contributed by atoms with van der Waals surface area (Å²) in [5.74, 6) is -3.33. The second-order valence-corrected chi connectivity index (χ2v) is 12.6. The minimum atomic E-state index is -4.77. The van der Waals surface area contributed by atoms with Gasteiger partial charge in [-0.05, 0) is 83.9 Å². The molecule has 0 heterocycles. The van der Waals surface area contributed by atoms with Crippen LogP contribution in [0.1, 0.15) is 20.7 Å². The van der Waals surface area contributed by atoms with Crippen molar-refractivity contribution in [1.29, 1.82) is 0 Å². The normalized spacial score (nSPS) is 11.1. The van der Waals surface area contributed by atoms with E-state index in [2.05, 4.69) is 0 Å². The number of hydrogen-bond donors (Lipinski definition) is 4. The zero-order valence-corrected chi connectivity index (χ0v) is 26.2. The van der Waals surface area contributed by atoms with Crippen LogP contribution in [0.3, 0.4) is 0 Å². The Bertz CT molecular complexity index is 2130. The maximum Gasteiger partial charge on any atom is 0.348 e. The highest BCUT2D eigenvalue weighted by molar-refractivity contribution is 7.91. The number of sulfone groups is 1. The van der Waals surface area contributed by atoms with Crippen LogP contribution in [0.4, 0.5) is 0 Å². The van der Waals surface area contributed by atoms with Gasteiger partial charge < -0.3 is 29.9 Å². The number of para-hydroxylation sites is 2. The molecule has 0 aliphatic carbocycles. The largest absolute Gasteiger partial charge is 0.508 e. The molecule has 0 aliphatic heterocycles. The van der Waals surface area contributed by atoms with Gasteiger partial charge in [0.15, 0.2) is 0 Å². The Hall–Kier alpha value is -6.59. The summed E-state index contributed by atoms with van der Waals surface area (Å²) in [5, 5.41) is 42.0. The topological polar surface area (TPSA) is 168 Å². The SMILES string of the molecule is O=C(Oc1ccccc1)c1c(O)ccc(S(=O)(=O)c2ccc(O)c(C(=O)Oc3ccccc3)c2-c2ccc(O)cc2)c1-c1ccc(O)cc1. The lowest BCUT2D eigenvalue weighted by atomic mass is 9.98. The van der Waals surface area contributed by atoms with Gasteiger partial charge in [0.25, 0.3) is 0 Å². The maximum atomic E-state index is 14.9. The van der Waals surface area contributed by atoms with Crippen molar-refractivity contribution in [2.75, 3.05) is 0 Å². The van der Waals surface area contributed by atoms with Crippen molar-refractivity contribution < 1.29 is 47.9 Å². The first-order valence-electron chi connectivity index (χ1n) is 14.6. The predicted molar refractivity (Wildman–Crippen MR) is 179 cm³/mol. The van der Waals surface area contributed by atoms with Crippen molar-refractivity contribution in [3.05, 3.63) is 145 Å². The number of benzene rings is 6. The zero-order chi connectivity index (χ0) is 34.7. The van der Waals surface area contributed by atoms with E-state index in [1.807, 2.05) is 0 Å². The third kappa shape index (κ3) is 6.51. The molecule has 4 N–H and O–H groups in total. The van der Waals surface area contributed by atoms with E-state index in [1.54, 1.807) is 36.4 Å². The summed E-state index contributed by atoms with van der Waals surface area (Å²) in [6.45, 7) is 0. The first-order valence-corrected chi connectivity index (χ1v) is 16.1. The molecule has 0 amide bonds. The minimum Gasteiger partial charge on any atom is -0.508 e. The van der Waals surface area contributed by atoms with E-state index in [0.717, 1.165) is 24.3 Å². The van der Waals surface area contributed by atoms with E-state index in [1.165, 1.54) is 72.8 Å². The Morgan fingerprint density at radius 2 is 0.796 bits per heavy atom. The number of phenols is 4. The van der Waals surface area contributed by atoms with E-state index >= 15 is 0 Å². The van der Waals surface area contributed by atoms with E-state index in [4.69, 9.17) is 9.47 Å². The molecular weight excluding hydrogens is 648 g/mol. The Labute approximate surface area is 280 Å².